The molecular formula is C31H36FN3O4. The monoisotopic (exact) mass is 533 g/mol. The molecule has 0 bridgehead atoms. The van der Waals surface area contributed by atoms with E-state index in [9.17, 15) is 9.18 Å². The van der Waals surface area contributed by atoms with E-state index < -0.39 is 0 Å². The van der Waals surface area contributed by atoms with E-state index in [1.165, 1.54) is 17.7 Å². The van der Waals surface area contributed by atoms with Gasteiger partial charge in [0.2, 0.25) is 0 Å². The first-order chi connectivity index (χ1) is 18.9. The summed E-state index contributed by atoms with van der Waals surface area (Å²) in [7, 11) is 5.38. The first-order valence-electron chi connectivity index (χ1n) is 13.4. The minimum absolute atomic E-state index is 0.0335. The zero-order valence-corrected chi connectivity index (χ0v) is 22.9. The molecule has 1 saturated heterocycles. The van der Waals surface area contributed by atoms with E-state index >= 15 is 0 Å². The molecule has 2 aliphatic heterocycles. The van der Waals surface area contributed by atoms with Crippen LogP contribution in [0.5, 0.6) is 17.2 Å². The molecule has 0 aromatic heterocycles. The lowest BCUT2D eigenvalue weighted by atomic mass is 9.99. The van der Waals surface area contributed by atoms with Crippen LogP contribution in [0.2, 0.25) is 0 Å². The maximum Gasteiger partial charge on any atom is 0.260 e. The summed E-state index contributed by atoms with van der Waals surface area (Å²) in [6, 6.07) is 16.5. The Labute approximate surface area is 229 Å². The van der Waals surface area contributed by atoms with Crippen molar-refractivity contribution in [1.82, 2.24) is 14.7 Å². The Balaban J connectivity index is 1.30. The molecule has 7 nitrogen and oxygen atoms in total. The average Bonchev–Trinajstić information content (AvgIpc) is 2.96. The SMILES string of the molecule is COc1cc2c(cc1OC)CN(C(=O)COc1ccc(-c3ccc(F)cc3)cc1CN1CCN(C)CC1)CC2. The Kier molecular flexibility index (Phi) is 8.33. The van der Waals surface area contributed by atoms with E-state index in [2.05, 4.69) is 22.9 Å². The van der Waals surface area contributed by atoms with Crippen LogP contribution in [-0.4, -0.2) is 81.2 Å². The molecule has 0 N–H and O–H groups in total. The molecule has 1 fully saturated rings. The van der Waals surface area contributed by atoms with Gasteiger partial charge >= 0.3 is 0 Å². The lowest BCUT2D eigenvalue weighted by Crippen LogP contribution is -2.44. The second-order valence-electron chi connectivity index (χ2n) is 10.2. The number of nitrogens with zero attached hydrogens (tertiary/aromatic N) is 3. The molecule has 2 aliphatic rings. The Bertz CT molecular complexity index is 1310. The number of rotatable bonds is 8. The van der Waals surface area contributed by atoms with E-state index in [0.717, 1.165) is 61.4 Å². The zero-order valence-electron chi connectivity index (χ0n) is 22.9. The van der Waals surface area contributed by atoms with Crippen molar-refractivity contribution in [3.63, 3.8) is 0 Å². The van der Waals surface area contributed by atoms with Crippen LogP contribution in [0, 0.1) is 5.82 Å². The molecule has 5 rings (SSSR count). The van der Waals surface area contributed by atoms with Crippen LogP contribution in [0.4, 0.5) is 4.39 Å². The van der Waals surface area contributed by atoms with Gasteiger partial charge in [0.05, 0.1) is 14.2 Å². The molecule has 39 heavy (non-hydrogen) atoms. The molecule has 0 atom stereocenters. The van der Waals surface area contributed by atoms with Gasteiger partial charge in [-0.1, -0.05) is 18.2 Å². The van der Waals surface area contributed by atoms with Crippen LogP contribution >= 0.6 is 0 Å². The number of ether oxygens (including phenoxy) is 3. The topological polar surface area (TPSA) is 54.5 Å². The molecule has 0 spiro atoms. The first-order valence-corrected chi connectivity index (χ1v) is 13.4. The fraction of sp³-hybridized carbons (Fsp3) is 0.387. The number of carbonyl (C=O) groups excluding carboxylic acids is 1. The summed E-state index contributed by atoms with van der Waals surface area (Å²) < 4.78 is 30.5. The van der Waals surface area contributed by atoms with Crippen LogP contribution < -0.4 is 14.2 Å². The normalized spacial score (nSPS) is 16.1. The fourth-order valence-corrected chi connectivity index (χ4v) is 5.24. The quantitative estimate of drug-likeness (QED) is 0.432. The van der Waals surface area contributed by atoms with Crippen molar-refractivity contribution in [3.05, 3.63) is 77.1 Å². The highest BCUT2D eigenvalue weighted by atomic mass is 19.1. The van der Waals surface area contributed by atoms with Crippen molar-refractivity contribution in [1.29, 1.82) is 0 Å². The van der Waals surface area contributed by atoms with E-state index in [1.54, 1.807) is 26.4 Å². The highest BCUT2D eigenvalue weighted by Crippen LogP contribution is 2.33. The number of methoxy groups -OCH3 is 2. The minimum Gasteiger partial charge on any atom is -0.493 e. The standard InChI is InChI=1S/C31H36FN3O4/c1-33-12-14-34(15-13-33)19-26-16-23(22-4-7-27(32)8-5-22)6-9-28(26)39-21-31(36)35-11-10-24-17-29(37-2)30(38-3)18-25(24)20-35/h4-9,16-18H,10-15,19-21H2,1-3H3. The van der Waals surface area contributed by atoms with Gasteiger partial charge in [0.15, 0.2) is 18.1 Å². The number of halogens is 1. The predicted octanol–water partition coefficient (Wildman–Crippen LogP) is 4.22. The Morgan fingerprint density at radius 3 is 2.18 bits per heavy atom. The van der Waals surface area contributed by atoms with Crippen molar-refractivity contribution in [2.45, 2.75) is 19.5 Å². The van der Waals surface area contributed by atoms with Crippen molar-refractivity contribution >= 4 is 5.91 Å². The van der Waals surface area contributed by atoms with Crippen molar-refractivity contribution in [2.24, 2.45) is 0 Å². The second-order valence-corrected chi connectivity index (χ2v) is 10.2. The Morgan fingerprint density at radius 2 is 1.49 bits per heavy atom. The molecule has 1 amide bonds. The summed E-state index contributed by atoms with van der Waals surface area (Å²) in [5.74, 6) is 1.77. The largest absolute Gasteiger partial charge is 0.493 e. The van der Waals surface area contributed by atoms with Crippen LogP contribution in [0.1, 0.15) is 16.7 Å². The third-order valence-electron chi connectivity index (χ3n) is 7.65. The predicted molar refractivity (Wildman–Crippen MR) is 149 cm³/mol. The fourth-order valence-electron chi connectivity index (χ4n) is 5.24. The molecule has 0 unspecified atom stereocenters. The lowest BCUT2D eigenvalue weighted by molar-refractivity contribution is -0.134. The van der Waals surface area contributed by atoms with Crippen molar-refractivity contribution in [3.8, 4) is 28.4 Å². The second kappa shape index (κ2) is 12.1. The van der Waals surface area contributed by atoms with Gasteiger partial charge in [0, 0.05) is 51.4 Å². The molecule has 3 aromatic carbocycles. The van der Waals surface area contributed by atoms with E-state index in [0.29, 0.717) is 30.3 Å². The molecule has 0 radical (unpaired) electrons. The third kappa shape index (κ3) is 6.34. The van der Waals surface area contributed by atoms with Gasteiger partial charge in [0.1, 0.15) is 11.6 Å². The molecule has 3 aromatic rings. The van der Waals surface area contributed by atoms with Gasteiger partial charge in [-0.05, 0) is 72.1 Å². The molecular weight excluding hydrogens is 497 g/mol. The van der Waals surface area contributed by atoms with Crippen LogP contribution in [0.25, 0.3) is 11.1 Å². The van der Waals surface area contributed by atoms with E-state index in [1.807, 2.05) is 29.2 Å². The average molecular weight is 534 g/mol. The van der Waals surface area contributed by atoms with Gasteiger partial charge in [-0.25, -0.2) is 4.39 Å². The Morgan fingerprint density at radius 1 is 0.821 bits per heavy atom. The van der Waals surface area contributed by atoms with Gasteiger partial charge in [0.25, 0.3) is 5.91 Å². The summed E-state index contributed by atoms with van der Waals surface area (Å²) >= 11 is 0. The van der Waals surface area contributed by atoms with Gasteiger partial charge in [-0.3, -0.25) is 9.69 Å². The summed E-state index contributed by atoms with van der Waals surface area (Å²) in [5, 5.41) is 0. The lowest BCUT2D eigenvalue weighted by Gasteiger charge is -2.33. The number of fused-ring (bicyclic) bond motifs is 1. The van der Waals surface area contributed by atoms with Crippen LogP contribution in [0.3, 0.4) is 0 Å². The van der Waals surface area contributed by atoms with Crippen LogP contribution in [0.15, 0.2) is 54.6 Å². The van der Waals surface area contributed by atoms with Gasteiger partial charge < -0.3 is 24.0 Å². The number of hydrogen-bond acceptors (Lipinski definition) is 6. The zero-order chi connectivity index (χ0) is 27.4. The highest BCUT2D eigenvalue weighted by Gasteiger charge is 2.24. The summed E-state index contributed by atoms with van der Waals surface area (Å²) in [5.41, 5.74) is 5.19. The van der Waals surface area contributed by atoms with Crippen LogP contribution in [-0.2, 0) is 24.3 Å². The van der Waals surface area contributed by atoms with Crippen molar-refractivity contribution < 1.29 is 23.4 Å². The number of carbonyl (C=O) groups is 1. The first kappa shape index (κ1) is 27.0. The van der Waals surface area contributed by atoms with Gasteiger partial charge in [-0.15, -0.1) is 0 Å². The summed E-state index contributed by atoms with van der Waals surface area (Å²) in [6.45, 7) is 5.80. The maximum atomic E-state index is 13.5. The van der Waals surface area contributed by atoms with E-state index in [-0.39, 0.29) is 18.3 Å². The van der Waals surface area contributed by atoms with Crippen molar-refractivity contribution in [2.75, 3.05) is 60.6 Å². The molecule has 0 aliphatic carbocycles. The molecule has 206 valence electrons. The summed E-state index contributed by atoms with van der Waals surface area (Å²) in [4.78, 5) is 19.8. The number of likely N-dealkylation sites (N-methyl/N-ethyl adjacent to an activating group) is 1. The maximum absolute atomic E-state index is 13.5. The Hall–Kier alpha value is -3.62. The molecule has 2 heterocycles. The number of amides is 1. The third-order valence-corrected chi connectivity index (χ3v) is 7.65. The number of piperazine rings is 1. The van der Waals surface area contributed by atoms with E-state index in [4.69, 9.17) is 14.2 Å². The summed E-state index contributed by atoms with van der Waals surface area (Å²) in [6.07, 6.45) is 0.752. The molecule has 8 heteroatoms. The number of benzene rings is 3. The van der Waals surface area contributed by atoms with Gasteiger partial charge in [-0.2, -0.15) is 0 Å². The molecule has 0 saturated carbocycles. The highest BCUT2D eigenvalue weighted by molar-refractivity contribution is 5.78. The number of hydrogen-bond donors (Lipinski definition) is 0. The minimum atomic E-state index is -0.257. The smallest absolute Gasteiger partial charge is 0.260 e.